The SMILES string of the molecule is C[C@@H]1CN(c2ccc(C(=O)NS(=O)(=O)c3ccc(NC[C@H]4COCCO4)c([N+](=O)[O-])c3)c(Oc3cnc4[nH]ccc4c3)c2)CCN1CC1=C(c2ccc(Cl)cc2)CCC(C)(C)C1. The molecule has 2 aliphatic heterocycles. The molecule has 8 rings (SSSR count). The van der Waals surface area contributed by atoms with E-state index in [1.807, 2.05) is 18.2 Å². The topological polar surface area (TPSA) is 181 Å². The number of hydrogen-bond donors (Lipinski definition) is 3. The molecular weight excluding hydrogens is 834 g/mol. The van der Waals surface area contributed by atoms with Crippen LogP contribution in [0.1, 0.15) is 56.0 Å². The van der Waals surface area contributed by atoms with Crippen molar-refractivity contribution in [2.75, 3.05) is 62.8 Å². The number of amides is 1. The molecule has 0 radical (unpaired) electrons. The molecule has 2 fully saturated rings. The fourth-order valence-electron chi connectivity index (χ4n) is 8.45. The molecule has 2 aromatic heterocycles. The number of carbonyl (C=O) groups excluding carboxylic acids is 1. The summed E-state index contributed by atoms with van der Waals surface area (Å²) in [7, 11) is -4.59. The zero-order valence-corrected chi connectivity index (χ0v) is 36.4. The summed E-state index contributed by atoms with van der Waals surface area (Å²) in [4.78, 5) is 37.1. The van der Waals surface area contributed by atoms with E-state index in [0.29, 0.717) is 44.3 Å². The molecule has 0 unspecified atom stereocenters. The largest absolute Gasteiger partial charge is 0.455 e. The van der Waals surface area contributed by atoms with Gasteiger partial charge in [-0.05, 0) is 91.3 Å². The van der Waals surface area contributed by atoms with Crippen LogP contribution in [0.25, 0.3) is 16.6 Å². The smallest absolute Gasteiger partial charge is 0.293 e. The average Bonchev–Trinajstić information content (AvgIpc) is 3.72. The molecule has 0 saturated carbocycles. The molecule has 1 aliphatic carbocycles. The van der Waals surface area contributed by atoms with Crippen LogP contribution < -0.4 is 19.7 Å². The zero-order valence-electron chi connectivity index (χ0n) is 34.9. The second-order valence-corrected chi connectivity index (χ2v) is 19.0. The molecule has 2 saturated heterocycles. The van der Waals surface area contributed by atoms with Crippen LogP contribution in [0.3, 0.4) is 0 Å². The number of piperazine rings is 1. The van der Waals surface area contributed by atoms with Gasteiger partial charge in [0.15, 0.2) is 0 Å². The van der Waals surface area contributed by atoms with E-state index in [4.69, 9.17) is 25.8 Å². The fourth-order valence-corrected chi connectivity index (χ4v) is 9.56. The maximum atomic E-state index is 13.9. The molecular formula is C45H50ClN7O8S. The number of aromatic nitrogens is 2. The Kier molecular flexibility index (Phi) is 12.6. The number of nitrogens with zero attached hydrogens (tertiary/aromatic N) is 4. The van der Waals surface area contributed by atoms with Gasteiger partial charge in [-0.15, -0.1) is 0 Å². The van der Waals surface area contributed by atoms with Crippen molar-refractivity contribution in [3.8, 4) is 11.5 Å². The van der Waals surface area contributed by atoms with E-state index in [9.17, 15) is 23.3 Å². The summed E-state index contributed by atoms with van der Waals surface area (Å²) in [6, 6.07) is 20.4. The minimum Gasteiger partial charge on any atom is -0.455 e. The lowest BCUT2D eigenvalue weighted by Crippen LogP contribution is -2.52. The highest BCUT2D eigenvalue weighted by Crippen LogP contribution is 2.43. The Morgan fingerprint density at radius 3 is 2.66 bits per heavy atom. The van der Waals surface area contributed by atoms with E-state index < -0.39 is 31.4 Å². The van der Waals surface area contributed by atoms with Crippen molar-refractivity contribution in [1.29, 1.82) is 0 Å². The predicted octanol–water partition coefficient (Wildman–Crippen LogP) is 8.04. The minimum atomic E-state index is -4.59. The van der Waals surface area contributed by atoms with Gasteiger partial charge in [0.1, 0.15) is 22.8 Å². The third kappa shape index (κ3) is 9.90. The third-order valence-corrected chi connectivity index (χ3v) is 13.4. The molecule has 17 heteroatoms. The lowest BCUT2D eigenvalue weighted by Gasteiger charge is -2.43. The predicted molar refractivity (Wildman–Crippen MR) is 239 cm³/mol. The van der Waals surface area contributed by atoms with Crippen molar-refractivity contribution >= 4 is 61.2 Å². The summed E-state index contributed by atoms with van der Waals surface area (Å²) in [5.41, 5.74) is 5.32. The number of pyridine rings is 1. The summed E-state index contributed by atoms with van der Waals surface area (Å²) < 4.78 is 46.8. The number of halogens is 1. The standard InChI is InChI=1S/C45H50ClN7O8S/c1-29-26-52(17-16-51(29)27-32-23-45(2,3)14-12-38(32)30-4-6-33(46)7-5-30)34-8-10-39(42(21-34)61-35-20-31-13-15-47-43(31)49-24-35)44(54)50-62(57,58)37-9-11-40(41(22-37)53(55)56)48-25-36-28-59-18-19-60-36/h4-11,13,15,20-22,24,29,36,48H,12,14,16-19,23,25-28H2,1-3H3,(H,47,49)(H,50,54)/t29-,36+/m1/s1. The lowest BCUT2D eigenvalue weighted by atomic mass is 9.72. The molecule has 1 amide bonds. The van der Waals surface area contributed by atoms with Crippen molar-refractivity contribution in [3.63, 3.8) is 0 Å². The fraction of sp³-hybridized carbons (Fsp3) is 0.378. The summed E-state index contributed by atoms with van der Waals surface area (Å²) in [5, 5.41) is 16.5. The highest BCUT2D eigenvalue weighted by Gasteiger charge is 2.32. The third-order valence-electron chi connectivity index (χ3n) is 11.8. The number of anilines is 2. The minimum absolute atomic E-state index is 0.0535. The van der Waals surface area contributed by atoms with E-state index in [2.05, 4.69) is 62.7 Å². The van der Waals surface area contributed by atoms with Gasteiger partial charge in [0, 0.05) is 73.2 Å². The van der Waals surface area contributed by atoms with Gasteiger partial charge in [0.05, 0.1) is 47.5 Å². The number of allylic oxidation sites excluding steroid dienone is 1. The van der Waals surface area contributed by atoms with Crippen molar-refractivity contribution in [2.45, 2.75) is 57.1 Å². The highest BCUT2D eigenvalue weighted by atomic mass is 35.5. The maximum Gasteiger partial charge on any atom is 0.293 e. The Labute approximate surface area is 365 Å². The monoisotopic (exact) mass is 883 g/mol. The number of H-pyrrole nitrogens is 1. The first-order valence-electron chi connectivity index (χ1n) is 20.7. The summed E-state index contributed by atoms with van der Waals surface area (Å²) >= 11 is 6.24. The van der Waals surface area contributed by atoms with Crippen LogP contribution in [-0.4, -0.2) is 98.8 Å². The van der Waals surface area contributed by atoms with Gasteiger partial charge < -0.3 is 29.4 Å². The number of nitrogens with one attached hydrogen (secondary N) is 3. The Balaban J connectivity index is 1.02. The van der Waals surface area contributed by atoms with Gasteiger partial charge in [-0.25, -0.2) is 18.1 Å². The number of nitro benzene ring substituents is 1. The summed E-state index contributed by atoms with van der Waals surface area (Å²) in [5.74, 6) is -0.517. The Hall–Kier alpha value is -5.52. The number of rotatable bonds is 13. The van der Waals surface area contributed by atoms with Crippen LogP contribution in [0.2, 0.25) is 5.02 Å². The molecule has 3 aromatic carbocycles. The van der Waals surface area contributed by atoms with Gasteiger partial charge in [-0.2, -0.15) is 0 Å². The number of aromatic amines is 1. The van der Waals surface area contributed by atoms with Crippen molar-refractivity contribution < 1.29 is 32.3 Å². The quantitative estimate of drug-likeness (QED) is 0.0766. The molecule has 0 spiro atoms. The lowest BCUT2D eigenvalue weighted by molar-refractivity contribution is -0.384. The number of sulfonamides is 1. The van der Waals surface area contributed by atoms with Crippen LogP contribution in [0.4, 0.5) is 17.1 Å². The van der Waals surface area contributed by atoms with E-state index in [1.54, 1.807) is 24.4 Å². The van der Waals surface area contributed by atoms with E-state index >= 15 is 0 Å². The molecule has 62 heavy (non-hydrogen) atoms. The van der Waals surface area contributed by atoms with Gasteiger partial charge in [0.25, 0.3) is 21.6 Å². The number of ether oxygens (including phenoxy) is 3. The van der Waals surface area contributed by atoms with E-state index in [0.717, 1.165) is 54.5 Å². The van der Waals surface area contributed by atoms with E-state index in [1.165, 1.54) is 41.1 Å². The van der Waals surface area contributed by atoms with Crippen LogP contribution in [0.5, 0.6) is 11.5 Å². The molecule has 15 nitrogen and oxygen atoms in total. The van der Waals surface area contributed by atoms with Gasteiger partial charge >= 0.3 is 0 Å². The van der Waals surface area contributed by atoms with Crippen LogP contribution in [0, 0.1) is 15.5 Å². The Morgan fingerprint density at radius 2 is 1.90 bits per heavy atom. The van der Waals surface area contributed by atoms with Gasteiger partial charge in [-0.1, -0.05) is 43.2 Å². The molecule has 3 N–H and O–H groups in total. The second-order valence-electron chi connectivity index (χ2n) is 16.9. The zero-order chi connectivity index (χ0) is 43.6. The molecule has 3 aliphatic rings. The van der Waals surface area contributed by atoms with Crippen molar-refractivity contribution in [1.82, 2.24) is 19.6 Å². The molecule has 2 atom stereocenters. The Bertz CT molecular complexity index is 2610. The number of fused-ring (bicyclic) bond motifs is 1. The van der Waals surface area contributed by atoms with Gasteiger partial charge in [-0.3, -0.25) is 19.8 Å². The molecule has 0 bridgehead atoms. The van der Waals surface area contributed by atoms with Crippen LogP contribution in [-0.2, 0) is 19.5 Å². The first-order chi connectivity index (χ1) is 29.7. The Morgan fingerprint density at radius 1 is 1.08 bits per heavy atom. The molecule has 5 aromatic rings. The summed E-state index contributed by atoms with van der Waals surface area (Å²) in [6.45, 7) is 11.4. The molecule has 4 heterocycles. The first kappa shape index (κ1) is 43.1. The number of hydrogen-bond acceptors (Lipinski definition) is 12. The van der Waals surface area contributed by atoms with Crippen LogP contribution in [0.15, 0.2) is 95.7 Å². The second kappa shape index (κ2) is 18.1. The normalized spacial score (nSPS) is 19.6. The summed E-state index contributed by atoms with van der Waals surface area (Å²) in [6.07, 6.45) is 6.11. The number of carbonyl (C=O) groups is 1. The van der Waals surface area contributed by atoms with Gasteiger partial charge in [0.2, 0.25) is 0 Å². The van der Waals surface area contributed by atoms with Crippen molar-refractivity contribution in [3.05, 3.63) is 117 Å². The van der Waals surface area contributed by atoms with Crippen LogP contribution >= 0.6 is 11.6 Å². The highest BCUT2D eigenvalue weighted by molar-refractivity contribution is 7.90. The number of nitro groups is 1. The van der Waals surface area contributed by atoms with E-state index in [-0.39, 0.29) is 41.1 Å². The molecule has 326 valence electrons. The van der Waals surface area contributed by atoms with Crippen molar-refractivity contribution in [2.24, 2.45) is 5.41 Å². The first-order valence-corrected chi connectivity index (χ1v) is 22.6. The average molecular weight is 884 g/mol. The number of benzene rings is 3. The maximum absolute atomic E-state index is 13.9.